The van der Waals surface area contributed by atoms with Gasteiger partial charge < -0.3 is 15.8 Å². The molecule has 0 aliphatic carbocycles. The van der Waals surface area contributed by atoms with E-state index in [2.05, 4.69) is 10.1 Å². The Morgan fingerprint density at radius 3 is 2.71 bits per heavy atom. The number of methoxy groups -OCH3 is 1. The van der Waals surface area contributed by atoms with Crippen LogP contribution in [0, 0.1) is 6.92 Å². The van der Waals surface area contributed by atoms with Crippen molar-refractivity contribution < 1.29 is 9.53 Å². The molecule has 1 rings (SSSR count). The van der Waals surface area contributed by atoms with Crippen molar-refractivity contribution in [1.29, 1.82) is 0 Å². The van der Waals surface area contributed by atoms with Crippen LogP contribution in [0.3, 0.4) is 0 Å². The molecule has 1 atom stereocenters. The number of thiocarbonyl (C=S) groups is 1. The number of aryl methyl sites for hydroxylation is 1. The number of nitrogens with one attached hydrogen (secondary N) is 1. The molecule has 5 heteroatoms. The van der Waals surface area contributed by atoms with Crippen molar-refractivity contribution >= 4 is 28.9 Å². The van der Waals surface area contributed by atoms with Gasteiger partial charge in [-0.15, -0.1) is 0 Å². The van der Waals surface area contributed by atoms with Crippen LogP contribution < -0.4 is 11.1 Å². The first-order chi connectivity index (χ1) is 7.97. The van der Waals surface area contributed by atoms with Gasteiger partial charge in [-0.05, 0) is 25.5 Å². The summed E-state index contributed by atoms with van der Waals surface area (Å²) < 4.78 is 4.66. The standard InChI is InChI=1S/C12H16N2O2S/c1-7-5-4-6-9(11(13)17)10(7)14-8(2)12(15)16-3/h4-6,8,14H,1-3H3,(H2,13,17). The molecule has 0 aromatic heterocycles. The highest BCUT2D eigenvalue weighted by molar-refractivity contribution is 7.80. The van der Waals surface area contributed by atoms with E-state index in [1.54, 1.807) is 6.92 Å². The lowest BCUT2D eigenvalue weighted by atomic mass is 10.1. The summed E-state index contributed by atoms with van der Waals surface area (Å²) in [6.07, 6.45) is 0. The van der Waals surface area contributed by atoms with Gasteiger partial charge in [0.05, 0.1) is 7.11 Å². The molecule has 0 amide bonds. The average Bonchev–Trinajstić information content (AvgIpc) is 2.30. The van der Waals surface area contributed by atoms with Gasteiger partial charge in [0.15, 0.2) is 0 Å². The molecule has 4 nitrogen and oxygen atoms in total. The van der Waals surface area contributed by atoms with Crippen molar-refractivity contribution in [3.63, 3.8) is 0 Å². The second kappa shape index (κ2) is 5.63. The monoisotopic (exact) mass is 252 g/mol. The molecule has 92 valence electrons. The molecule has 0 fully saturated rings. The van der Waals surface area contributed by atoms with E-state index < -0.39 is 6.04 Å². The lowest BCUT2D eigenvalue weighted by Crippen LogP contribution is -2.29. The molecule has 0 saturated carbocycles. The summed E-state index contributed by atoms with van der Waals surface area (Å²) in [5.74, 6) is -0.331. The van der Waals surface area contributed by atoms with Gasteiger partial charge in [0.1, 0.15) is 11.0 Å². The molecular formula is C12H16N2O2S. The topological polar surface area (TPSA) is 64.3 Å². The number of anilines is 1. The van der Waals surface area contributed by atoms with E-state index in [-0.39, 0.29) is 5.97 Å². The number of hydrogen-bond donors (Lipinski definition) is 2. The number of nitrogens with two attached hydrogens (primary N) is 1. The van der Waals surface area contributed by atoms with E-state index >= 15 is 0 Å². The number of carbonyl (C=O) groups is 1. The Bertz CT molecular complexity index is 446. The van der Waals surface area contributed by atoms with Crippen molar-refractivity contribution in [2.75, 3.05) is 12.4 Å². The van der Waals surface area contributed by atoms with Gasteiger partial charge in [-0.25, -0.2) is 4.79 Å². The smallest absolute Gasteiger partial charge is 0.327 e. The van der Waals surface area contributed by atoms with Gasteiger partial charge in [-0.1, -0.05) is 24.4 Å². The molecule has 0 saturated heterocycles. The van der Waals surface area contributed by atoms with Gasteiger partial charge in [0, 0.05) is 11.3 Å². The normalized spacial score (nSPS) is 11.7. The van der Waals surface area contributed by atoms with Gasteiger partial charge in [0.25, 0.3) is 0 Å². The first kappa shape index (κ1) is 13.4. The van der Waals surface area contributed by atoms with E-state index in [4.69, 9.17) is 18.0 Å². The third-order valence-electron chi connectivity index (χ3n) is 2.45. The van der Waals surface area contributed by atoms with Gasteiger partial charge >= 0.3 is 5.97 Å². The fourth-order valence-electron chi connectivity index (χ4n) is 1.52. The maximum atomic E-state index is 11.4. The van der Waals surface area contributed by atoms with E-state index in [0.717, 1.165) is 16.8 Å². The number of benzene rings is 1. The molecule has 0 radical (unpaired) electrons. The highest BCUT2D eigenvalue weighted by Crippen LogP contribution is 2.21. The van der Waals surface area contributed by atoms with Crippen LogP contribution in [0.25, 0.3) is 0 Å². The summed E-state index contributed by atoms with van der Waals surface area (Å²) in [6, 6.07) is 5.17. The van der Waals surface area contributed by atoms with Crippen LogP contribution in [0.5, 0.6) is 0 Å². The van der Waals surface area contributed by atoms with E-state index in [9.17, 15) is 4.79 Å². The minimum absolute atomic E-state index is 0.299. The maximum Gasteiger partial charge on any atom is 0.327 e. The molecule has 0 aliphatic heterocycles. The van der Waals surface area contributed by atoms with Crippen LogP contribution in [-0.2, 0) is 9.53 Å². The van der Waals surface area contributed by atoms with Crippen molar-refractivity contribution in [3.8, 4) is 0 Å². The molecule has 17 heavy (non-hydrogen) atoms. The fraction of sp³-hybridized carbons (Fsp3) is 0.333. The largest absolute Gasteiger partial charge is 0.467 e. The van der Waals surface area contributed by atoms with Crippen molar-refractivity contribution in [1.82, 2.24) is 0 Å². The Morgan fingerprint density at radius 2 is 2.18 bits per heavy atom. The van der Waals surface area contributed by atoms with Crippen LogP contribution in [0.4, 0.5) is 5.69 Å². The number of esters is 1. The first-order valence-corrected chi connectivity index (χ1v) is 5.62. The predicted molar refractivity (Wildman–Crippen MR) is 72.2 cm³/mol. The SMILES string of the molecule is COC(=O)C(C)Nc1c(C)cccc1C(N)=S. The number of hydrogen-bond acceptors (Lipinski definition) is 4. The predicted octanol–water partition coefficient (Wildman–Crippen LogP) is 1.60. The molecule has 0 heterocycles. The number of carbonyl (C=O) groups excluding carboxylic acids is 1. The quantitative estimate of drug-likeness (QED) is 0.629. The Morgan fingerprint density at radius 1 is 1.53 bits per heavy atom. The third kappa shape index (κ3) is 3.17. The van der Waals surface area contributed by atoms with Crippen LogP contribution in [0.1, 0.15) is 18.1 Å². The zero-order valence-electron chi connectivity index (χ0n) is 10.1. The molecule has 0 bridgehead atoms. The first-order valence-electron chi connectivity index (χ1n) is 5.21. The fourth-order valence-corrected chi connectivity index (χ4v) is 1.69. The summed E-state index contributed by atoms with van der Waals surface area (Å²) >= 11 is 4.98. The zero-order valence-corrected chi connectivity index (χ0v) is 10.9. The lowest BCUT2D eigenvalue weighted by Gasteiger charge is -2.18. The highest BCUT2D eigenvalue weighted by atomic mass is 32.1. The van der Waals surface area contributed by atoms with Crippen LogP contribution in [-0.4, -0.2) is 24.1 Å². The minimum atomic E-state index is -0.450. The second-order valence-corrected chi connectivity index (χ2v) is 4.19. The summed E-state index contributed by atoms with van der Waals surface area (Å²) in [7, 11) is 1.35. The Labute approximate surface area is 106 Å². The Balaban J connectivity index is 3.05. The zero-order chi connectivity index (χ0) is 13.0. The molecule has 0 spiro atoms. The van der Waals surface area contributed by atoms with Crippen molar-refractivity contribution in [2.45, 2.75) is 19.9 Å². The van der Waals surface area contributed by atoms with Crippen LogP contribution in [0.15, 0.2) is 18.2 Å². The van der Waals surface area contributed by atoms with Crippen molar-refractivity contribution in [2.24, 2.45) is 5.73 Å². The molecule has 1 aromatic carbocycles. The number of ether oxygens (including phenoxy) is 1. The molecule has 1 aromatic rings. The summed E-state index contributed by atoms with van der Waals surface area (Å²) in [5.41, 5.74) is 8.13. The van der Waals surface area contributed by atoms with E-state index in [0.29, 0.717) is 4.99 Å². The Kier molecular flexibility index (Phi) is 4.45. The lowest BCUT2D eigenvalue weighted by molar-refractivity contribution is -0.141. The van der Waals surface area contributed by atoms with E-state index in [1.807, 2.05) is 25.1 Å². The van der Waals surface area contributed by atoms with Gasteiger partial charge in [-0.3, -0.25) is 0 Å². The highest BCUT2D eigenvalue weighted by Gasteiger charge is 2.16. The van der Waals surface area contributed by atoms with Gasteiger partial charge in [-0.2, -0.15) is 0 Å². The number of para-hydroxylation sites is 1. The Hall–Kier alpha value is -1.62. The van der Waals surface area contributed by atoms with E-state index in [1.165, 1.54) is 7.11 Å². The molecule has 3 N–H and O–H groups in total. The van der Waals surface area contributed by atoms with Gasteiger partial charge in [0.2, 0.25) is 0 Å². The van der Waals surface area contributed by atoms with Crippen LogP contribution >= 0.6 is 12.2 Å². The molecular weight excluding hydrogens is 236 g/mol. The number of rotatable bonds is 4. The minimum Gasteiger partial charge on any atom is -0.467 e. The maximum absolute atomic E-state index is 11.4. The van der Waals surface area contributed by atoms with Crippen LogP contribution in [0.2, 0.25) is 0 Å². The summed E-state index contributed by atoms with van der Waals surface area (Å²) in [4.78, 5) is 11.7. The second-order valence-electron chi connectivity index (χ2n) is 3.75. The summed E-state index contributed by atoms with van der Waals surface area (Å²) in [5, 5.41) is 3.07. The third-order valence-corrected chi connectivity index (χ3v) is 2.67. The van der Waals surface area contributed by atoms with Crippen molar-refractivity contribution in [3.05, 3.63) is 29.3 Å². The molecule has 0 aliphatic rings. The molecule has 1 unspecified atom stereocenters. The summed E-state index contributed by atoms with van der Waals surface area (Å²) in [6.45, 7) is 3.65. The average molecular weight is 252 g/mol.